The minimum atomic E-state index is -0.265. The molecule has 0 spiro atoms. The zero-order valence-corrected chi connectivity index (χ0v) is 16.0. The van der Waals surface area contributed by atoms with Gasteiger partial charge in [-0.25, -0.2) is 0 Å². The quantitative estimate of drug-likeness (QED) is 0.484. The van der Waals surface area contributed by atoms with Crippen LogP contribution < -0.4 is 10.1 Å². The van der Waals surface area contributed by atoms with Crippen LogP contribution in [0.15, 0.2) is 83.4 Å². The lowest BCUT2D eigenvalue weighted by Crippen LogP contribution is -2.20. The fourth-order valence-corrected chi connectivity index (χ4v) is 2.90. The van der Waals surface area contributed by atoms with Gasteiger partial charge in [-0.3, -0.25) is 4.79 Å². The van der Waals surface area contributed by atoms with Crippen LogP contribution >= 0.6 is 11.6 Å². The number of nitrogens with zero attached hydrogens (tertiary/aromatic N) is 2. The van der Waals surface area contributed by atoms with Gasteiger partial charge in [-0.15, -0.1) is 0 Å². The van der Waals surface area contributed by atoms with Crippen LogP contribution in [-0.4, -0.2) is 22.7 Å². The molecule has 6 nitrogen and oxygen atoms in total. The Hall–Kier alpha value is -3.64. The number of ether oxygens (including phenoxy) is 1. The van der Waals surface area contributed by atoms with Gasteiger partial charge in [0.1, 0.15) is 5.75 Å². The van der Waals surface area contributed by atoms with Crippen molar-refractivity contribution in [2.75, 3.05) is 11.9 Å². The first-order valence-corrected chi connectivity index (χ1v) is 9.23. The van der Waals surface area contributed by atoms with E-state index >= 15 is 0 Å². The number of amides is 1. The van der Waals surface area contributed by atoms with Gasteiger partial charge in [0.15, 0.2) is 6.61 Å². The van der Waals surface area contributed by atoms with Crippen molar-refractivity contribution in [1.82, 2.24) is 10.1 Å². The second-order valence-electron chi connectivity index (χ2n) is 6.13. The van der Waals surface area contributed by atoms with Gasteiger partial charge >= 0.3 is 0 Å². The Kier molecular flexibility index (Phi) is 5.54. The summed E-state index contributed by atoms with van der Waals surface area (Å²) in [5.41, 5.74) is 2.05. The van der Waals surface area contributed by atoms with Crippen molar-refractivity contribution < 1.29 is 14.1 Å². The van der Waals surface area contributed by atoms with E-state index in [1.807, 2.05) is 54.6 Å². The van der Waals surface area contributed by atoms with E-state index in [1.165, 1.54) is 0 Å². The minimum Gasteiger partial charge on any atom is -0.483 e. The van der Waals surface area contributed by atoms with Crippen molar-refractivity contribution in [2.45, 2.75) is 0 Å². The highest BCUT2D eigenvalue weighted by Crippen LogP contribution is 2.30. The van der Waals surface area contributed by atoms with Gasteiger partial charge in [0.25, 0.3) is 11.8 Å². The molecule has 0 aliphatic rings. The molecule has 0 aliphatic heterocycles. The minimum absolute atomic E-state index is 0.148. The van der Waals surface area contributed by atoms with Crippen LogP contribution in [0, 0.1) is 0 Å². The maximum atomic E-state index is 12.2. The van der Waals surface area contributed by atoms with E-state index in [0.29, 0.717) is 33.7 Å². The standard InChI is InChI=1S/C22H16ClN3O3/c23-16-8-6-7-15(13-16)22-25-21(26-29-22)18-11-4-5-12-19(18)28-14-20(27)24-17-9-2-1-3-10-17/h1-13H,14H2,(H,24,27). The van der Waals surface area contributed by atoms with Crippen molar-refractivity contribution in [1.29, 1.82) is 0 Å². The number of carbonyl (C=O) groups excluding carboxylic acids is 1. The summed E-state index contributed by atoms with van der Waals surface area (Å²) in [6, 6.07) is 23.5. The molecule has 0 atom stereocenters. The highest BCUT2D eigenvalue weighted by molar-refractivity contribution is 6.30. The monoisotopic (exact) mass is 405 g/mol. The topological polar surface area (TPSA) is 77.2 Å². The third-order valence-corrected chi connectivity index (χ3v) is 4.28. The molecular formula is C22H16ClN3O3. The summed E-state index contributed by atoms with van der Waals surface area (Å²) in [4.78, 5) is 16.6. The average Bonchev–Trinajstić information content (AvgIpc) is 3.23. The summed E-state index contributed by atoms with van der Waals surface area (Å²) in [6.07, 6.45) is 0. The van der Waals surface area contributed by atoms with Gasteiger partial charge in [0, 0.05) is 16.3 Å². The number of hydrogen-bond donors (Lipinski definition) is 1. The van der Waals surface area contributed by atoms with E-state index in [9.17, 15) is 4.79 Å². The van der Waals surface area contributed by atoms with E-state index in [4.69, 9.17) is 20.9 Å². The smallest absolute Gasteiger partial charge is 0.262 e. The molecule has 7 heteroatoms. The highest BCUT2D eigenvalue weighted by atomic mass is 35.5. The summed E-state index contributed by atoms with van der Waals surface area (Å²) >= 11 is 6.02. The Balaban J connectivity index is 1.49. The first kappa shape index (κ1) is 18.7. The van der Waals surface area contributed by atoms with E-state index < -0.39 is 0 Å². The second-order valence-corrected chi connectivity index (χ2v) is 6.57. The lowest BCUT2D eigenvalue weighted by atomic mass is 10.2. The number of anilines is 1. The Bertz CT molecular complexity index is 1130. The molecule has 1 amide bonds. The van der Waals surface area contributed by atoms with E-state index in [0.717, 1.165) is 5.56 Å². The number of aromatic nitrogens is 2. The van der Waals surface area contributed by atoms with Gasteiger partial charge < -0.3 is 14.6 Å². The zero-order chi connectivity index (χ0) is 20.1. The number of para-hydroxylation sites is 2. The van der Waals surface area contributed by atoms with E-state index in [-0.39, 0.29) is 12.5 Å². The molecule has 29 heavy (non-hydrogen) atoms. The van der Waals surface area contributed by atoms with Crippen molar-refractivity contribution in [3.8, 4) is 28.6 Å². The Morgan fingerprint density at radius 3 is 2.62 bits per heavy atom. The largest absolute Gasteiger partial charge is 0.483 e. The molecule has 0 aliphatic carbocycles. The van der Waals surface area contributed by atoms with Crippen molar-refractivity contribution in [2.24, 2.45) is 0 Å². The number of halogens is 1. The number of hydrogen-bond acceptors (Lipinski definition) is 5. The lowest BCUT2D eigenvalue weighted by Gasteiger charge is -2.09. The van der Waals surface area contributed by atoms with Crippen LogP contribution in [0.4, 0.5) is 5.69 Å². The first-order chi connectivity index (χ1) is 14.2. The summed E-state index contributed by atoms with van der Waals surface area (Å²) in [7, 11) is 0. The molecular weight excluding hydrogens is 390 g/mol. The van der Waals surface area contributed by atoms with E-state index in [1.54, 1.807) is 24.3 Å². The summed E-state index contributed by atoms with van der Waals surface area (Å²) in [5.74, 6) is 0.922. The average molecular weight is 406 g/mol. The fourth-order valence-electron chi connectivity index (χ4n) is 2.71. The molecule has 1 N–H and O–H groups in total. The van der Waals surface area contributed by atoms with Crippen LogP contribution in [0.3, 0.4) is 0 Å². The molecule has 1 heterocycles. The molecule has 0 radical (unpaired) electrons. The normalized spacial score (nSPS) is 10.5. The Labute approximate surface area is 172 Å². The lowest BCUT2D eigenvalue weighted by molar-refractivity contribution is -0.118. The predicted molar refractivity (Wildman–Crippen MR) is 111 cm³/mol. The molecule has 0 bridgehead atoms. The zero-order valence-electron chi connectivity index (χ0n) is 15.2. The predicted octanol–water partition coefficient (Wildman–Crippen LogP) is 5.07. The summed E-state index contributed by atoms with van der Waals surface area (Å²) < 4.78 is 11.1. The third-order valence-electron chi connectivity index (χ3n) is 4.04. The molecule has 0 unspecified atom stereocenters. The van der Waals surface area contributed by atoms with Gasteiger partial charge in [0.2, 0.25) is 5.82 Å². The van der Waals surface area contributed by atoms with Gasteiger partial charge in [-0.1, -0.05) is 53.2 Å². The summed E-state index contributed by atoms with van der Waals surface area (Å²) in [5, 5.41) is 7.39. The number of rotatable bonds is 6. The molecule has 144 valence electrons. The molecule has 4 aromatic rings. The molecule has 3 aromatic carbocycles. The highest BCUT2D eigenvalue weighted by Gasteiger charge is 2.15. The molecule has 0 saturated carbocycles. The Morgan fingerprint density at radius 1 is 1.00 bits per heavy atom. The number of benzene rings is 3. The molecule has 0 saturated heterocycles. The van der Waals surface area contributed by atoms with Crippen molar-refractivity contribution in [3.05, 3.63) is 83.9 Å². The first-order valence-electron chi connectivity index (χ1n) is 8.86. The summed E-state index contributed by atoms with van der Waals surface area (Å²) in [6.45, 7) is -0.148. The van der Waals surface area contributed by atoms with Gasteiger partial charge in [-0.2, -0.15) is 4.98 Å². The van der Waals surface area contributed by atoms with Crippen LogP contribution in [-0.2, 0) is 4.79 Å². The maximum Gasteiger partial charge on any atom is 0.262 e. The van der Waals surface area contributed by atoms with Crippen LogP contribution in [0.1, 0.15) is 0 Å². The molecule has 4 rings (SSSR count). The number of nitrogens with one attached hydrogen (secondary N) is 1. The fraction of sp³-hybridized carbons (Fsp3) is 0.0455. The Morgan fingerprint density at radius 2 is 1.79 bits per heavy atom. The van der Waals surface area contributed by atoms with Crippen LogP contribution in [0.25, 0.3) is 22.8 Å². The van der Waals surface area contributed by atoms with Crippen molar-refractivity contribution >= 4 is 23.2 Å². The third kappa shape index (κ3) is 4.62. The maximum absolute atomic E-state index is 12.2. The van der Waals surface area contributed by atoms with Gasteiger partial charge in [0.05, 0.1) is 5.56 Å². The van der Waals surface area contributed by atoms with Crippen molar-refractivity contribution in [3.63, 3.8) is 0 Å². The SMILES string of the molecule is O=C(COc1ccccc1-c1noc(-c2cccc(Cl)c2)n1)Nc1ccccc1. The van der Waals surface area contributed by atoms with Gasteiger partial charge in [-0.05, 0) is 42.5 Å². The molecule has 1 aromatic heterocycles. The van der Waals surface area contributed by atoms with E-state index in [2.05, 4.69) is 15.5 Å². The van der Waals surface area contributed by atoms with Crippen LogP contribution in [0.5, 0.6) is 5.75 Å². The molecule has 0 fully saturated rings. The van der Waals surface area contributed by atoms with Crippen LogP contribution in [0.2, 0.25) is 5.02 Å². The second kappa shape index (κ2) is 8.58. The number of carbonyl (C=O) groups is 1.